The third-order valence-electron chi connectivity index (χ3n) is 3.72. The first kappa shape index (κ1) is 13.6. The molecule has 0 aliphatic carbocycles. The predicted molar refractivity (Wildman–Crippen MR) is 81.1 cm³/mol. The van der Waals surface area contributed by atoms with E-state index in [1.807, 2.05) is 6.07 Å². The van der Waals surface area contributed by atoms with E-state index in [0.29, 0.717) is 28.4 Å². The fourth-order valence-corrected chi connectivity index (χ4v) is 2.64. The fraction of sp³-hybridized carbons (Fsp3) is 0.111. The molecule has 4 rings (SSSR count). The van der Waals surface area contributed by atoms with Crippen LogP contribution in [0.4, 0.5) is 0 Å². The van der Waals surface area contributed by atoms with Crippen molar-refractivity contribution in [1.29, 1.82) is 0 Å². The SMILES string of the molecule is O=C(/C=C1/OC(=O)c2ccccc21)Cc1ccc2c(c1)OCO2. The van der Waals surface area contributed by atoms with E-state index in [4.69, 9.17) is 14.2 Å². The molecule has 0 spiro atoms. The topological polar surface area (TPSA) is 61.8 Å². The van der Waals surface area contributed by atoms with Gasteiger partial charge in [-0.25, -0.2) is 4.79 Å². The number of carbonyl (C=O) groups is 2. The molecule has 2 aromatic carbocycles. The van der Waals surface area contributed by atoms with Crippen molar-refractivity contribution in [2.45, 2.75) is 6.42 Å². The van der Waals surface area contributed by atoms with Crippen molar-refractivity contribution < 1.29 is 23.8 Å². The Labute approximate surface area is 132 Å². The van der Waals surface area contributed by atoms with Gasteiger partial charge < -0.3 is 14.2 Å². The summed E-state index contributed by atoms with van der Waals surface area (Å²) in [5.41, 5.74) is 1.94. The number of benzene rings is 2. The van der Waals surface area contributed by atoms with Gasteiger partial charge in [0.1, 0.15) is 5.76 Å². The molecule has 0 N–H and O–H groups in total. The largest absolute Gasteiger partial charge is 0.454 e. The van der Waals surface area contributed by atoms with Gasteiger partial charge in [0.05, 0.1) is 5.56 Å². The summed E-state index contributed by atoms with van der Waals surface area (Å²) in [5.74, 6) is 1.04. The predicted octanol–water partition coefficient (Wildman–Crippen LogP) is 2.74. The van der Waals surface area contributed by atoms with Crippen LogP contribution in [-0.2, 0) is 16.0 Å². The molecule has 23 heavy (non-hydrogen) atoms. The van der Waals surface area contributed by atoms with Gasteiger partial charge in [-0.15, -0.1) is 0 Å². The van der Waals surface area contributed by atoms with Gasteiger partial charge >= 0.3 is 5.97 Å². The van der Waals surface area contributed by atoms with Crippen LogP contribution in [0.2, 0.25) is 0 Å². The zero-order valence-electron chi connectivity index (χ0n) is 12.1. The van der Waals surface area contributed by atoms with Crippen molar-refractivity contribution in [2.24, 2.45) is 0 Å². The molecule has 0 aromatic heterocycles. The number of allylic oxidation sites excluding steroid dienone is 1. The number of hydrogen-bond donors (Lipinski definition) is 0. The molecule has 2 aliphatic rings. The summed E-state index contributed by atoms with van der Waals surface area (Å²) in [6.07, 6.45) is 1.56. The maximum absolute atomic E-state index is 12.2. The first-order valence-corrected chi connectivity index (χ1v) is 7.15. The summed E-state index contributed by atoms with van der Waals surface area (Å²) >= 11 is 0. The first-order valence-electron chi connectivity index (χ1n) is 7.15. The second-order valence-corrected chi connectivity index (χ2v) is 5.27. The third-order valence-corrected chi connectivity index (χ3v) is 3.72. The van der Waals surface area contributed by atoms with Gasteiger partial charge in [0.15, 0.2) is 17.3 Å². The molecular formula is C18H12O5. The number of carbonyl (C=O) groups excluding carboxylic acids is 2. The number of ketones is 1. The number of fused-ring (bicyclic) bond motifs is 2. The van der Waals surface area contributed by atoms with Gasteiger partial charge in [0.25, 0.3) is 0 Å². The average molecular weight is 308 g/mol. The summed E-state index contributed by atoms with van der Waals surface area (Å²) in [5, 5.41) is 0. The molecule has 5 heteroatoms. The van der Waals surface area contributed by atoms with E-state index in [9.17, 15) is 9.59 Å². The Bertz CT molecular complexity index is 850. The lowest BCUT2D eigenvalue weighted by Gasteiger charge is -2.02. The molecule has 2 aliphatic heterocycles. The lowest BCUT2D eigenvalue weighted by molar-refractivity contribution is -0.114. The molecule has 0 atom stereocenters. The fourth-order valence-electron chi connectivity index (χ4n) is 2.64. The Kier molecular flexibility index (Phi) is 3.12. The van der Waals surface area contributed by atoms with Gasteiger partial charge in [0.2, 0.25) is 6.79 Å². The highest BCUT2D eigenvalue weighted by Crippen LogP contribution is 2.33. The van der Waals surface area contributed by atoms with Crippen LogP contribution in [0, 0.1) is 0 Å². The molecule has 0 fully saturated rings. The highest BCUT2D eigenvalue weighted by atomic mass is 16.7. The van der Waals surface area contributed by atoms with Gasteiger partial charge in [0, 0.05) is 18.1 Å². The number of ether oxygens (including phenoxy) is 3. The highest BCUT2D eigenvalue weighted by molar-refractivity contribution is 6.07. The van der Waals surface area contributed by atoms with E-state index in [-0.39, 0.29) is 19.0 Å². The van der Waals surface area contributed by atoms with Crippen LogP contribution in [-0.4, -0.2) is 18.5 Å². The van der Waals surface area contributed by atoms with Gasteiger partial charge in [-0.1, -0.05) is 24.3 Å². The molecule has 0 radical (unpaired) electrons. The van der Waals surface area contributed by atoms with Crippen molar-refractivity contribution in [1.82, 2.24) is 0 Å². The Balaban J connectivity index is 1.56. The molecular weight excluding hydrogens is 296 g/mol. The van der Waals surface area contributed by atoms with Crippen LogP contribution in [0.15, 0.2) is 48.5 Å². The number of cyclic esters (lactones) is 1. The monoisotopic (exact) mass is 308 g/mol. The van der Waals surface area contributed by atoms with E-state index in [1.165, 1.54) is 6.08 Å². The van der Waals surface area contributed by atoms with Crippen LogP contribution in [0.1, 0.15) is 21.5 Å². The summed E-state index contributed by atoms with van der Waals surface area (Å²) in [6.45, 7) is 0.198. The van der Waals surface area contributed by atoms with E-state index < -0.39 is 5.97 Å². The van der Waals surface area contributed by atoms with Crippen molar-refractivity contribution in [3.8, 4) is 11.5 Å². The van der Waals surface area contributed by atoms with Crippen LogP contribution >= 0.6 is 0 Å². The van der Waals surface area contributed by atoms with Crippen LogP contribution in [0.25, 0.3) is 5.76 Å². The average Bonchev–Trinajstić information content (AvgIpc) is 3.12. The second-order valence-electron chi connectivity index (χ2n) is 5.27. The molecule has 5 nitrogen and oxygen atoms in total. The van der Waals surface area contributed by atoms with Crippen LogP contribution in [0.5, 0.6) is 11.5 Å². The maximum Gasteiger partial charge on any atom is 0.344 e. The summed E-state index contributed by atoms with van der Waals surface area (Å²) < 4.78 is 15.7. The minimum absolute atomic E-state index is 0.150. The maximum atomic E-state index is 12.2. The molecule has 0 amide bonds. The molecule has 2 aromatic rings. The van der Waals surface area contributed by atoms with Crippen molar-refractivity contribution in [3.05, 3.63) is 65.2 Å². The molecule has 2 heterocycles. The lowest BCUT2D eigenvalue weighted by atomic mass is 10.0. The molecule has 0 bridgehead atoms. The summed E-state index contributed by atoms with van der Waals surface area (Å²) in [6, 6.07) is 12.4. The smallest absolute Gasteiger partial charge is 0.344 e. The van der Waals surface area contributed by atoms with E-state index >= 15 is 0 Å². The molecule has 0 unspecified atom stereocenters. The molecule has 0 saturated heterocycles. The third kappa shape index (κ3) is 2.46. The zero-order chi connectivity index (χ0) is 15.8. The second kappa shape index (κ2) is 5.28. The summed E-state index contributed by atoms with van der Waals surface area (Å²) in [4.78, 5) is 24.0. The minimum atomic E-state index is -0.428. The van der Waals surface area contributed by atoms with E-state index in [0.717, 1.165) is 5.56 Å². The van der Waals surface area contributed by atoms with E-state index in [1.54, 1.807) is 36.4 Å². The standard InChI is InChI=1S/C18H12O5/c19-12(7-11-5-6-15-17(8-11)22-10-21-15)9-16-13-3-1-2-4-14(13)18(20)23-16/h1-6,8-9H,7,10H2/b16-9+. The van der Waals surface area contributed by atoms with Crippen LogP contribution < -0.4 is 9.47 Å². The number of rotatable bonds is 3. The van der Waals surface area contributed by atoms with Crippen molar-refractivity contribution in [2.75, 3.05) is 6.79 Å². The van der Waals surface area contributed by atoms with Gasteiger partial charge in [-0.2, -0.15) is 0 Å². The Morgan fingerprint density at radius 2 is 1.83 bits per heavy atom. The van der Waals surface area contributed by atoms with Gasteiger partial charge in [-0.05, 0) is 23.8 Å². The molecule has 0 saturated carbocycles. The van der Waals surface area contributed by atoms with Crippen molar-refractivity contribution in [3.63, 3.8) is 0 Å². The normalized spacial score (nSPS) is 16.3. The van der Waals surface area contributed by atoms with Crippen LogP contribution in [0.3, 0.4) is 0 Å². The lowest BCUT2D eigenvalue weighted by Crippen LogP contribution is -2.00. The van der Waals surface area contributed by atoms with E-state index in [2.05, 4.69) is 0 Å². The number of hydrogen-bond acceptors (Lipinski definition) is 5. The molecule has 114 valence electrons. The Hall–Kier alpha value is -3.08. The first-order chi connectivity index (χ1) is 11.2. The minimum Gasteiger partial charge on any atom is -0.454 e. The Morgan fingerprint density at radius 1 is 1.04 bits per heavy atom. The zero-order valence-corrected chi connectivity index (χ0v) is 12.1. The van der Waals surface area contributed by atoms with Gasteiger partial charge in [-0.3, -0.25) is 4.79 Å². The summed E-state index contributed by atoms with van der Waals surface area (Å²) in [7, 11) is 0. The quantitative estimate of drug-likeness (QED) is 0.644. The number of esters is 1. The Morgan fingerprint density at radius 3 is 2.70 bits per heavy atom. The highest BCUT2D eigenvalue weighted by Gasteiger charge is 2.26. The van der Waals surface area contributed by atoms with Crippen molar-refractivity contribution >= 4 is 17.5 Å².